The van der Waals surface area contributed by atoms with Crippen molar-refractivity contribution in [1.82, 2.24) is 0 Å². The van der Waals surface area contributed by atoms with Crippen LogP contribution in [0.5, 0.6) is 34.5 Å². The van der Waals surface area contributed by atoms with Crippen LogP contribution < -0.4 is 29.1 Å². The van der Waals surface area contributed by atoms with Gasteiger partial charge in [-0.05, 0) is 6.07 Å². The number of benzene rings is 2. The Balaban J connectivity index is 1.46. The number of phenols is 1. The first-order valence-corrected chi connectivity index (χ1v) is 14.2. The number of phenolic OH excluding ortho intramolecular Hbond substituents is 1. The van der Waals surface area contributed by atoms with E-state index < -0.39 is 74.0 Å². The molecule has 0 radical (unpaired) electrons. The van der Waals surface area contributed by atoms with Gasteiger partial charge in [0.2, 0.25) is 17.5 Å². The Labute approximate surface area is 266 Å². The lowest BCUT2D eigenvalue weighted by Gasteiger charge is -2.40. The molecular formula is C30H36O17. The molecule has 0 aliphatic carbocycles. The van der Waals surface area contributed by atoms with E-state index in [1.165, 1.54) is 46.6 Å². The van der Waals surface area contributed by atoms with Crippen molar-refractivity contribution in [1.29, 1.82) is 0 Å². The summed E-state index contributed by atoms with van der Waals surface area (Å²) in [7, 11) is 5.31. The number of ether oxygens (including phenoxy) is 8. The smallest absolute Gasteiger partial charge is 0.229 e. The van der Waals surface area contributed by atoms with Gasteiger partial charge in [-0.1, -0.05) is 0 Å². The standard InChI is InChI=1S/C30H36O17/c1-39-15-5-12(14(32)6-16(15)40-2)13-8-43-17-7-18(25(41-3)26(42-4)20(17)21(13)33)46-28-24(36)23(35)22(34)19(47-28)9-44-29-27(37)30(38,10-31)11-45-29/h5-8,19,22-24,27-29,31-32,34-38H,9-11H2,1-4H3. The molecule has 8 unspecified atom stereocenters. The first-order chi connectivity index (χ1) is 22.4. The van der Waals surface area contributed by atoms with E-state index in [0.29, 0.717) is 0 Å². The Morgan fingerprint density at radius 3 is 2.15 bits per heavy atom. The first-order valence-electron chi connectivity index (χ1n) is 14.2. The summed E-state index contributed by atoms with van der Waals surface area (Å²) in [6.45, 7) is -1.73. The van der Waals surface area contributed by atoms with Crippen LogP contribution in [0, 0.1) is 0 Å². The van der Waals surface area contributed by atoms with Crippen molar-refractivity contribution >= 4 is 11.0 Å². The molecule has 0 amide bonds. The average molecular weight is 669 g/mol. The summed E-state index contributed by atoms with van der Waals surface area (Å²) in [5.41, 5.74) is -2.60. The van der Waals surface area contributed by atoms with Crippen LogP contribution in [-0.2, 0) is 14.2 Å². The molecule has 0 saturated carbocycles. The zero-order chi connectivity index (χ0) is 34.2. The molecule has 2 aliphatic heterocycles. The van der Waals surface area contributed by atoms with Gasteiger partial charge in [0.25, 0.3) is 0 Å². The number of fused-ring (bicyclic) bond motifs is 1. The van der Waals surface area contributed by atoms with Crippen molar-refractivity contribution in [2.45, 2.75) is 48.7 Å². The molecule has 17 nitrogen and oxygen atoms in total. The lowest BCUT2D eigenvalue weighted by atomic mass is 9.99. The quantitative estimate of drug-likeness (QED) is 0.127. The number of methoxy groups -OCH3 is 4. The van der Waals surface area contributed by atoms with Gasteiger partial charge < -0.3 is 78.1 Å². The van der Waals surface area contributed by atoms with Gasteiger partial charge in [0.1, 0.15) is 59.1 Å². The zero-order valence-corrected chi connectivity index (χ0v) is 25.7. The molecule has 2 fully saturated rings. The van der Waals surface area contributed by atoms with Gasteiger partial charge in [0, 0.05) is 17.7 Å². The number of aromatic hydroxyl groups is 1. The van der Waals surface area contributed by atoms with E-state index in [4.69, 9.17) is 42.3 Å². The van der Waals surface area contributed by atoms with Crippen molar-refractivity contribution < 1.29 is 78.1 Å². The third-order valence-corrected chi connectivity index (χ3v) is 8.06. The topological polar surface area (TPSA) is 246 Å². The summed E-state index contributed by atoms with van der Waals surface area (Å²) in [5, 5.41) is 72.2. The van der Waals surface area contributed by atoms with Crippen molar-refractivity contribution in [2.24, 2.45) is 0 Å². The summed E-state index contributed by atoms with van der Waals surface area (Å²) < 4.78 is 49.5. The maximum atomic E-state index is 13.8. The predicted molar refractivity (Wildman–Crippen MR) is 157 cm³/mol. The molecule has 2 saturated heterocycles. The minimum absolute atomic E-state index is 0.0512. The Morgan fingerprint density at radius 2 is 1.53 bits per heavy atom. The van der Waals surface area contributed by atoms with Gasteiger partial charge >= 0.3 is 0 Å². The monoisotopic (exact) mass is 668 g/mol. The van der Waals surface area contributed by atoms with Crippen molar-refractivity contribution in [3.05, 3.63) is 34.7 Å². The van der Waals surface area contributed by atoms with E-state index in [1.807, 2.05) is 0 Å². The van der Waals surface area contributed by atoms with Crippen molar-refractivity contribution in [3.63, 3.8) is 0 Å². The number of rotatable bonds is 11. The highest BCUT2D eigenvalue weighted by atomic mass is 16.7. The molecular weight excluding hydrogens is 632 g/mol. The third-order valence-electron chi connectivity index (χ3n) is 8.06. The molecule has 258 valence electrons. The second-order valence-corrected chi connectivity index (χ2v) is 10.9. The van der Waals surface area contributed by atoms with Crippen LogP contribution in [0.4, 0.5) is 0 Å². The highest BCUT2D eigenvalue weighted by Gasteiger charge is 2.50. The average Bonchev–Trinajstić information content (AvgIpc) is 3.36. The van der Waals surface area contributed by atoms with Crippen LogP contribution in [0.1, 0.15) is 0 Å². The normalized spacial score (nSPS) is 29.1. The van der Waals surface area contributed by atoms with Gasteiger partial charge in [0.05, 0.1) is 53.8 Å². The molecule has 17 heteroatoms. The van der Waals surface area contributed by atoms with Crippen LogP contribution in [0.2, 0.25) is 0 Å². The Bertz CT molecular complexity index is 1640. The van der Waals surface area contributed by atoms with Crippen molar-refractivity contribution in [2.75, 3.05) is 48.3 Å². The Morgan fingerprint density at radius 1 is 0.851 bits per heavy atom. The van der Waals surface area contributed by atoms with E-state index in [2.05, 4.69) is 0 Å². The minimum atomic E-state index is -1.96. The Hall–Kier alpha value is -3.91. The molecule has 3 aromatic rings. The largest absolute Gasteiger partial charge is 0.507 e. The van der Waals surface area contributed by atoms with Crippen LogP contribution >= 0.6 is 0 Å². The fourth-order valence-electron chi connectivity index (χ4n) is 5.36. The number of hydrogen-bond acceptors (Lipinski definition) is 17. The maximum Gasteiger partial charge on any atom is 0.229 e. The third kappa shape index (κ3) is 6.13. The molecule has 3 heterocycles. The van der Waals surface area contributed by atoms with E-state index in [9.17, 15) is 40.5 Å². The molecule has 2 aromatic carbocycles. The second kappa shape index (κ2) is 13.7. The summed E-state index contributed by atoms with van der Waals surface area (Å²) in [6, 6.07) is 3.94. The fourth-order valence-corrected chi connectivity index (χ4v) is 5.36. The van der Waals surface area contributed by atoms with E-state index in [1.54, 1.807) is 0 Å². The second-order valence-electron chi connectivity index (χ2n) is 10.9. The van der Waals surface area contributed by atoms with Crippen LogP contribution in [0.25, 0.3) is 22.1 Å². The molecule has 1 aromatic heterocycles. The first kappa shape index (κ1) is 34.4. The van der Waals surface area contributed by atoms with E-state index in [0.717, 1.165) is 6.26 Å². The highest BCUT2D eigenvalue weighted by Crippen LogP contribution is 2.45. The lowest BCUT2D eigenvalue weighted by molar-refractivity contribution is -0.289. The van der Waals surface area contributed by atoms with Crippen LogP contribution in [-0.4, -0.2) is 133 Å². The maximum absolute atomic E-state index is 13.8. The molecule has 2 aliphatic rings. The number of aliphatic hydroxyl groups is 6. The summed E-state index contributed by atoms with van der Waals surface area (Å²) in [4.78, 5) is 13.8. The van der Waals surface area contributed by atoms with Crippen LogP contribution in [0.15, 0.2) is 33.7 Å². The zero-order valence-electron chi connectivity index (χ0n) is 25.7. The van der Waals surface area contributed by atoms with E-state index in [-0.39, 0.29) is 56.6 Å². The van der Waals surface area contributed by atoms with Gasteiger partial charge in [0.15, 0.2) is 29.3 Å². The Kier molecular flexibility index (Phi) is 10.0. The SMILES string of the molecule is COc1cc(O)c(-c2coc3cc(OC4OC(COC5OCC(O)(CO)C5O)C(O)C(O)C4O)c(OC)c(OC)c3c2=O)cc1OC. The summed E-state index contributed by atoms with van der Waals surface area (Å²) in [5.74, 6) is -0.232. The molecule has 8 atom stereocenters. The fraction of sp³-hybridized carbons (Fsp3) is 0.500. The molecule has 0 bridgehead atoms. The molecule has 0 spiro atoms. The van der Waals surface area contributed by atoms with Gasteiger partial charge in [-0.25, -0.2) is 0 Å². The van der Waals surface area contributed by atoms with E-state index >= 15 is 0 Å². The lowest BCUT2D eigenvalue weighted by Crippen LogP contribution is -2.60. The van der Waals surface area contributed by atoms with Gasteiger partial charge in [-0.15, -0.1) is 0 Å². The number of hydrogen-bond donors (Lipinski definition) is 7. The summed E-state index contributed by atoms with van der Waals surface area (Å²) >= 11 is 0. The minimum Gasteiger partial charge on any atom is -0.507 e. The highest BCUT2D eigenvalue weighted by molar-refractivity contribution is 5.92. The number of aliphatic hydroxyl groups excluding tert-OH is 5. The summed E-state index contributed by atoms with van der Waals surface area (Å²) in [6.07, 6.45) is -10.2. The predicted octanol–water partition coefficient (Wildman–Crippen LogP) is -1.16. The molecule has 47 heavy (non-hydrogen) atoms. The molecule has 7 N–H and O–H groups in total. The van der Waals surface area contributed by atoms with Gasteiger partial charge in [-0.3, -0.25) is 4.79 Å². The van der Waals surface area contributed by atoms with Crippen molar-refractivity contribution in [3.8, 4) is 45.6 Å². The van der Waals surface area contributed by atoms with Crippen LogP contribution in [0.3, 0.4) is 0 Å². The van der Waals surface area contributed by atoms with Gasteiger partial charge in [-0.2, -0.15) is 0 Å². The molecule has 5 rings (SSSR count).